The zero-order valence-electron chi connectivity index (χ0n) is 10.0. The van der Waals surface area contributed by atoms with E-state index in [-0.39, 0.29) is 5.69 Å². The Morgan fingerprint density at radius 2 is 2.29 bits per heavy atom. The van der Waals surface area contributed by atoms with Crippen LogP contribution in [0.25, 0.3) is 0 Å². The van der Waals surface area contributed by atoms with Crippen LogP contribution in [0.15, 0.2) is 18.3 Å². The van der Waals surface area contributed by atoms with Crippen LogP contribution in [0.3, 0.4) is 0 Å². The largest absolute Gasteiger partial charge is 0.478 e. The molecule has 6 nitrogen and oxygen atoms in total. The van der Waals surface area contributed by atoms with Crippen LogP contribution in [-0.2, 0) is 0 Å². The van der Waals surface area contributed by atoms with Crippen LogP contribution in [-0.4, -0.2) is 29.1 Å². The van der Waals surface area contributed by atoms with E-state index >= 15 is 0 Å². The Bertz CT molecular complexity index is 351. The first-order valence-electron chi connectivity index (χ1n) is 5.56. The van der Waals surface area contributed by atoms with Crippen LogP contribution in [0.4, 0.5) is 5.69 Å². The smallest absolute Gasteiger partial charge is 0.287 e. The van der Waals surface area contributed by atoms with Gasteiger partial charge in [-0.1, -0.05) is 13.8 Å². The second kappa shape index (κ2) is 6.80. The molecule has 0 saturated carbocycles. The van der Waals surface area contributed by atoms with Gasteiger partial charge in [-0.15, -0.1) is 0 Å². The Hall–Kier alpha value is -1.69. The minimum Gasteiger partial charge on any atom is -0.478 e. The maximum Gasteiger partial charge on any atom is 0.287 e. The molecule has 1 aromatic rings. The Balaban J connectivity index is 2.25. The summed E-state index contributed by atoms with van der Waals surface area (Å²) in [4.78, 5) is 13.8. The second-order valence-corrected chi connectivity index (χ2v) is 3.92. The Labute approximate surface area is 100 Å². The maximum atomic E-state index is 10.4. The van der Waals surface area contributed by atoms with Gasteiger partial charge in [0.15, 0.2) is 0 Å². The van der Waals surface area contributed by atoms with Crippen molar-refractivity contribution in [3.8, 4) is 5.88 Å². The van der Waals surface area contributed by atoms with E-state index in [0.29, 0.717) is 18.5 Å². The lowest BCUT2D eigenvalue weighted by Gasteiger charge is -2.08. The van der Waals surface area contributed by atoms with E-state index in [4.69, 9.17) is 4.74 Å². The fraction of sp³-hybridized carbons (Fsp3) is 0.545. The molecule has 1 rings (SSSR count). The Morgan fingerprint density at radius 1 is 1.53 bits per heavy atom. The standard InChI is InChI=1S/C11H17N3O3/c1-9(2)12-6-3-7-17-11-5-4-10(8-13-11)14(15)16/h4-5,8-9,12H,3,6-7H2,1-2H3. The zero-order chi connectivity index (χ0) is 12.7. The van der Waals surface area contributed by atoms with Crippen LogP contribution >= 0.6 is 0 Å². The summed E-state index contributed by atoms with van der Waals surface area (Å²) in [7, 11) is 0. The monoisotopic (exact) mass is 239 g/mol. The minimum absolute atomic E-state index is 0.0289. The third kappa shape index (κ3) is 5.26. The SMILES string of the molecule is CC(C)NCCCOc1ccc([N+](=O)[O-])cn1. The summed E-state index contributed by atoms with van der Waals surface area (Å²) >= 11 is 0. The van der Waals surface area contributed by atoms with Crippen molar-refractivity contribution in [2.24, 2.45) is 0 Å². The summed E-state index contributed by atoms with van der Waals surface area (Å²) in [5.74, 6) is 0.417. The molecule has 6 heteroatoms. The number of hydrogen-bond donors (Lipinski definition) is 1. The lowest BCUT2D eigenvalue weighted by molar-refractivity contribution is -0.385. The maximum absolute atomic E-state index is 10.4. The molecule has 0 aliphatic heterocycles. The average Bonchev–Trinajstić information content (AvgIpc) is 2.29. The molecule has 17 heavy (non-hydrogen) atoms. The highest BCUT2D eigenvalue weighted by Gasteiger charge is 2.05. The Kier molecular flexibility index (Phi) is 5.35. The number of aromatic nitrogens is 1. The summed E-state index contributed by atoms with van der Waals surface area (Å²) in [6.45, 7) is 5.59. The lowest BCUT2D eigenvalue weighted by Crippen LogP contribution is -2.24. The third-order valence-corrected chi connectivity index (χ3v) is 2.06. The molecular formula is C11H17N3O3. The van der Waals surface area contributed by atoms with Gasteiger partial charge in [-0.2, -0.15) is 0 Å². The summed E-state index contributed by atoms with van der Waals surface area (Å²) < 4.78 is 5.35. The molecule has 1 N–H and O–H groups in total. The van der Waals surface area contributed by atoms with Gasteiger partial charge in [-0.05, 0) is 13.0 Å². The molecule has 0 spiro atoms. The van der Waals surface area contributed by atoms with E-state index in [1.165, 1.54) is 18.3 Å². The van der Waals surface area contributed by atoms with Gasteiger partial charge in [0.05, 0.1) is 11.5 Å². The van der Waals surface area contributed by atoms with E-state index in [2.05, 4.69) is 24.1 Å². The summed E-state index contributed by atoms with van der Waals surface area (Å²) in [5.41, 5.74) is -0.0289. The molecule has 0 amide bonds. The van der Waals surface area contributed by atoms with Gasteiger partial charge in [-0.3, -0.25) is 10.1 Å². The van der Waals surface area contributed by atoms with Gasteiger partial charge in [0.1, 0.15) is 6.20 Å². The van der Waals surface area contributed by atoms with Crippen LogP contribution in [0, 0.1) is 10.1 Å². The summed E-state index contributed by atoms with van der Waals surface area (Å²) in [6, 6.07) is 3.36. The number of ether oxygens (including phenoxy) is 1. The van der Waals surface area contributed by atoms with Gasteiger partial charge in [0.2, 0.25) is 5.88 Å². The molecule has 0 aliphatic carbocycles. The highest BCUT2D eigenvalue weighted by molar-refractivity contribution is 5.28. The van der Waals surface area contributed by atoms with Gasteiger partial charge < -0.3 is 10.1 Å². The van der Waals surface area contributed by atoms with Crippen molar-refractivity contribution in [2.75, 3.05) is 13.2 Å². The lowest BCUT2D eigenvalue weighted by atomic mass is 10.3. The van der Waals surface area contributed by atoms with Gasteiger partial charge >= 0.3 is 0 Å². The first-order chi connectivity index (χ1) is 8.09. The van der Waals surface area contributed by atoms with E-state index in [1.54, 1.807) is 0 Å². The second-order valence-electron chi connectivity index (χ2n) is 3.92. The number of hydrogen-bond acceptors (Lipinski definition) is 5. The molecule has 0 radical (unpaired) electrons. The van der Waals surface area contributed by atoms with Crippen LogP contribution in [0.5, 0.6) is 5.88 Å². The van der Waals surface area contributed by atoms with E-state index in [0.717, 1.165) is 13.0 Å². The fourth-order valence-electron chi connectivity index (χ4n) is 1.21. The van der Waals surface area contributed by atoms with Crippen molar-refractivity contribution in [2.45, 2.75) is 26.3 Å². The topological polar surface area (TPSA) is 77.3 Å². The quantitative estimate of drug-likeness (QED) is 0.445. The first-order valence-corrected chi connectivity index (χ1v) is 5.56. The third-order valence-electron chi connectivity index (χ3n) is 2.06. The predicted octanol–water partition coefficient (Wildman–Crippen LogP) is 1.76. The first kappa shape index (κ1) is 13.4. The van der Waals surface area contributed by atoms with E-state index in [9.17, 15) is 10.1 Å². The number of pyridine rings is 1. The fourth-order valence-corrected chi connectivity index (χ4v) is 1.21. The van der Waals surface area contributed by atoms with Crippen molar-refractivity contribution >= 4 is 5.69 Å². The molecule has 1 heterocycles. The number of rotatable bonds is 7. The number of nitro groups is 1. The molecule has 0 aliphatic rings. The summed E-state index contributed by atoms with van der Waals surface area (Å²) in [5, 5.41) is 13.7. The van der Waals surface area contributed by atoms with Gasteiger partial charge in [-0.25, -0.2) is 4.98 Å². The molecule has 0 atom stereocenters. The van der Waals surface area contributed by atoms with Crippen molar-refractivity contribution in [1.29, 1.82) is 0 Å². The van der Waals surface area contributed by atoms with Gasteiger partial charge in [0.25, 0.3) is 5.69 Å². The van der Waals surface area contributed by atoms with Crippen molar-refractivity contribution in [1.82, 2.24) is 10.3 Å². The van der Waals surface area contributed by atoms with Crippen LogP contribution < -0.4 is 10.1 Å². The molecule has 0 fully saturated rings. The molecule has 0 unspecified atom stereocenters. The molecule has 94 valence electrons. The highest BCUT2D eigenvalue weighted by atomic mass is 16.6. The summed E-state index contributed by atoms with van der Waals surface area (Å²) in [6.07, 6.45) is 2.07. The molecule has 0 saturated heterocycles. The molecule has 0 bridgehead atoms. The van der Waals surface area contributed by atoms with E-state index in [1.807, 2.05) is 0 Å². The average molecular weight is 239 g/mol. The molecule has 1 aromatic heterocycles. The number of nitrogens with one attached hydrogen (secondary N) is 1. The van der Waals surface area contributed by atoms with Gasteiger partial charge in [0, 0.05) is 18.2 Å². The van der Waals surface area contributed by atoms with E-state index < -0.39 is 4.92 Å². The molecule has 0 aromatic carbocycles. The van der Waals surface area contributed by atoms with Crippen molar-refractivity contribution in [3.63, 3.8) is 0 Å². The van der Waals surface area contributed by atoms with Crippen LogP contribution in [0.2, 0.25) is 0 Å². The predicted molar refractivity (Wildman–Crippen MR) is 64.1 cm³/mol. The van der Waals surface area contributed by atoms with Crippen molar-refractivity contribution < 1.29 is 9.66 Å². The van der Waals surface area contributed by atoms with Crippen molar-refractivity contribution in [3.05, 3.63) is 28.4 Å². The zero-order valence-corrected chi connectivity index (χ0v) is 10.0. The Morgan fingerprint density at radius 3 is 2.82 bits per heavy atom. The van der Waals surface area contributed by atoms with Crippen LogP contribution in [0.1, 0.15) is 20.3 Å². The number of nitrogens with zero attached hydrogens (tertiary/aromatic N) is 2. The molecular weight excluding hydrogens is 222 g/mol. The highest BCUT2D eigenvalue weighted by Crippen LogP contribution is 2.13. The normalized spacial score (nSPS) is 10.5. The minimum atomic E-state index is -0.483.